The number of para-hydroxylation sites is 1. The van der Waals surface area contributed by atoms with Gasteiger partial charge in [-0.1, -0.05) is 18.2 Å². The molecule has 110 valence electrons. The van der Waals surface area contributed by atoms with Gasteiger partial charge < -0.3 is 15.4 Å². The van der Waals surface area contributed by atoms with Crippen molar-refractivity contribution in [2.24, 2.45) is 0 Å². The number of amides is 1. The quantitative estimate of drug-likeness (QED) is 0.805. The molecule has 5 nitrogen and oxygen atoms in total. The van der Waals surface area contributed by atoms with Gasteiger partial charge in [0.05, 0.1) is 12.3 Å². The van der Waals surface area contributed by atoms with Crippen LogP contribution in [0.25, 0.3) is 0 Å². The highest BCUT2D eigenvalue weighted by Crippen LogP contribution is 2.26. The van der Waals surface area contributed by atoms with E-state index < -0.39 is 0 Å². The predicted molar refractivity (Wildman–Crippen MR) is 82.5 cm³/mol. The Bertz CT molecular complexity index is 591. The fourth-order valence-corrected chi connectivity index (χ4v) is 3.09. The van der Waals surface area contributed by atoms with Crippen LogP contribution in [0.5, 0.6) is 5.75 Å². The van der Waals surface area contributed by atoms with Gasteiger partial charge in [0.2, 0.25) is 5.91 Å². The van der Waals surface area contributed by atoms with E-state index >= 15 is 0 Å². The van der Waals surface area contributed by atoms with E-state index in [4.69, 9.17) is 4.74 Å². The van der Waals surface area contributed by atoms with Crippen molar-refractivity contribution in [1.82, 2.24) is 10.3 Å². The number of ether oxygens (including phenoxy) is 1. The minimum atomic E-state index is -0.00737. The van der Waals surface area contributed by atoms with Gasteiger partial charge in [-0.3, -0.25) is 4.79 Å². The third kappa shape index (κ3) is 3.80. The molecule has 3 rings (SSSR count). The average molecular weight is 303 g/mol. The van der Waals surface area contributed by atoms with Crippen LogP contribution >= 0.6 is 11.3 Å². The third-order valence-electron chi connectivity index (χ3n) is 3.16. The van der Waals surface area contributed by atoms with E-state index in [0.29, 0.717) is 24.6 Å². The minimum Gasteiger partial charge on any atom is -0.494 e. The maximum Gasteiger partial charge on any atom is 0.226 e. The van der Waals surface area contributed by atoms with Gasteiger partial charge in [-0.05, 0) is 18.6 Å². The molecule has 1 amide bonds. The number of benzene rings is 1. The molecule has 2 N–H and O–H groups in total. The van der Waals surface area contributed by atoms with Crippen molar-refractivity contribution in [1.29, 1.82) is 0 Å². The number of thiazole rings is 1. The summed E-state index contributed by atoms with van der Waals surface area (Å²) < 4.78 is 5.56. The predicted octanol–water partition coefficient (Wildman–Crippen LogP) is 2.54. The van der Waals surface area contributed by atoms with Gasteiger partial charge in [0, 0.05) is 24.4 Å². The van der Waals surface area contributed by atoms with Gasteiger partial charge in [0.1, 0.15) is 5.75 Å². The summed E-state index contributed by atoms with van der Waals surface area (Å²) in [5.74, 6) is 0.828. The lowest BCUT2D eigenvalue weighted by Crippen LogP contribution is -2.13. The first kappa shape index (κ1) is 14.0. The second-order valence-electron chi connectivity index (χ2n) is 4.81. The molecule has 0 saturated heterocycles. The van der Waals surface area contributed by atoms with Crippen molar-refractivity contribution in [3.63, 3.8) is 0 Å². The molecule has 2 heterocycles. The molecule has 0 fully saturated rings. The van der Waals surface area contributed by atoms with E-state index in [-0.39, 0.29) is 5.91 Å². The number of rotatable bonds is 6. The number of hydrogen-bond donors (Lipinski definition) is 2. The first-order chi connectivity index (χ1) is 10.3. The van der Waals surface area contributed by atoms with Gasteiger partial charge in [0.15, 0.2) is 5.13 Å². The van der Waals surface area contributed by atoms with Crippen molar-refractivity contribution in [2.75, 3.05) is 11.9 Å². The molecule has 2 aromatic rings. The largest absolute Gasteiger partial charge is 0.494 e. The summed E-state index contributed by atoms with van der Waals surface area (Å²) >= 11 is 1.55. The Morgan fingerprint density at radius 3 is 3.00 bits per heavy atom. The standard InChI is InChI=1S/C15H17N3O2S/c19-14(7-4-8-20-11-5-2-1-3-6-11)18-15-17-12-9-16-10-13(12)21-15/h1-3,5-6,16H,4,7-10H2,(H,17,18,19). The SMILES string of the molecule is O=C(CCCOc1ccccc1)Nc1nc2c(s1)CNC2. The summed E-state index contributed by atoms with van der Waals surface area (Å²) in [4.78, 5) is 17.5. The van der Waals surface area contributed by atoms with E-state index in [1.54, 1.807) is 11.3 Å². The van der Waals surface area contributed by atoms with Crippen LogP contribution in [0.4, 0.5) is 5.13 Å². The smallest absolute Gasteiger partial charge is 0.226 e. The molecule has 6 heteroatoms. The maximum absolute atomic E-state index is 11.8. The summed E-state index contributed by atoms with van der Waals surface area (Å²) in [7, 11) is 0. The van der Waals surface area contributed by atoms with Gasteiger partial charge in [-0.2, -0.15) is 0 Å². The first-order valence-corrected chi connectivity index (χ1v) is 7.80. The van der Waals surface area contributed by atoms with Gasteiger partial charge in [-0.25, -0.2) is 4.98 Å². The number of carbonyl (C=O) groups is 1. The molecule has 1 aliphatic heterocycles. The lowest BCUT2D eigenvalue weighted by molar-refractivity contribution is -0.116. The van der Waals surface area contributed by atoms with E-state index in [1.807, 2.05) is 30.3 Å². The molecular formula is C15H17N3O2S. The van der Waals surface area contributed by atoms with E-state index in [1.165, 1.54) is 4.88 Å². The second kappa shape index (κ2) is 6.69. The van der Waals surface area contributed by atoms with Crippen LogP contribution in [0.15, 0.2) is 30.3 Å². The van der Waals surface area contributed by atoms with E-state index in [9.17, 15) is 4.79 Å². The van der Waals surface area contributed by atoms with E-state index in [2.05, 4.69) is 15.6 Å². The third-order valence-corrected chi connectivity index (χ3v) is 4.18. The summed E-state index contributed by atoms with van der Waals surface area (Å²) in [6.07, 6.45) is 1.13. The van der Waals surface area contributed by atoms with Crippen LogP contribution < -0.4 is 15.4 Å². The van der Waals surface area contributed by atoms with Crippen LogP contribution in [0, 0.1) is 0 Å². The number of nitrogens with one attached hydrogen (secondary N) is 2. The lowest BCUT2D eigenvalue weighted by atomic mass is 10.3. The molecule has 0 bridgehead atoms. The summed E-state index contributed by atoms with van der Waals surface area (Å²) in [5, 5.41) is 6.78. The Morgan fingerprint density at radius 2 is 2.19 bits per heavy atom. The molecule has 0 atom stereocenters. The van der Waals surface area contributed by atoms with Crippen molar-refractivity contribution >= 4 is 22.4 Å². The van der Waals surface area contributed by atoms with Gasteiger partial charge >= 0.3 is 0 Å². The Labute approximate surface area is 127 Å². The van der Waals surface area contributed by atoms with Crippen LogP contribution in [0.2, 0.25) is 0 Å². The summed E-state index contributed by atoms with van der Waals surface area (Å²) in [6, 6.07) is 9.62. The summed E-state index contributed by atoms with van der Waals surface area (Å²) in [5.41, 5.74) is 1.06. The zero-order valence-electron chi connectivity index (χ0n) is 11.6. The summed E-state index contributed by atoms with van der Waals surface area (Å²) in [6.45, 7) is 2.19. The zero-order valence-corrected chi connectivity index (χ0v) is 12.4. The van der Waals surface area contributed by atoms with Crippen molar-refractivity contribution in [3.8, 4) is 5.75 Å². The number of nitrogens with zero attached hydrogens (tertiary/aromatic N) is 1. The molecule has 0 aliphatic carbocycles. The van der Waals surface area contributed by atoms with Crippen molar-refractivity contribution < 1.29 is 9.53 Å². The van der Waals surface area contributed by atoms with Crippen LogP contribution in [-0.4, -0.2) is 17.5 Å². The molecule has 0 saturated carbocycles. The molecule has 0 unspecified atom stereocenters. The molecular weight excluding hydrogens is 286 g/mol. The fourth-order valence-electron chi connectivity index (χ4n) is 2.13. The Morgan fingerprint density at radius 1 is 1.33 bits per heavy atom. The number of anilines is 1. The first-order valence-electron chi connectivity index (χ1n) is 6.98. The second-order valence-corrected chi connectivity index (χ2v) is 5.89. The lowest BCUT2D eigenvalue weighted by Gasteiger charge is -2.05. The van der Waals surface area contributed by atoms with Crippen molar-refractivity contribution in [2.45, 2.75) is 25.9 Å². The van der Waals surface area contributed by atoms with Crippen LogP contribution in [-0.2, 0) is 17.9 Å². The zero-order chi connectivity index (χ0) is 14.5. The molecule has 21 heavy (non-hydrogen) atoms. The molecule has 1 aromatic carbocycles. The van der Waals surface area contributed by atoms with Crippen LogP contribution in [0.1, 0.15) is 23.4 Å². The number of fused-ring (bicyclic) bond motifs is 1. The maximum atomic E-state index is 11.8. The fraction of sp³-hybridized carbons (Fsp3) is 0.333. The number of carbonyl (C=O) groups excluding carboxylic acids is 1. The van der Waals surface area contributed by atoms with Gasteiger partial charge in [0.25, 0.3) is 0 Å². The highest BCUT2D eigenvalue weighted by atomic mass is 32.1. The van der Waals surface area contributed by atoms with E-state index in [0.717, 1.165) is 24.5 Å². The Kier molecular flexibility index (Phi) is 4.47. The monoisotopic (exact) mass is 303 g/mol. The Balaban J connectivity index is 1.38. The molecule has 1 aromatic heterocycles. The Hall–Kier alpha value is -1.92. The number of hydrogen-bond acceptors (Lipinski definition) is 5. The molecule has 0 spiro atoms. The molecule has 1 aliphatic rings. The highest BCUT2D eigenvalue weighted by Gasteiger charge is 2.17. The average Bonchev–Trinajstić information content (AvgIpc) is 3.06. The normalized spacial score (nSPS) is 13.0. The minimum absolute atomic E-state index is 0.00737. The van der Waals surface area contributed by atoms with Gasteiger partial charge in [-0.15, -0.1) is 11.3 Å². The molecule has 0 radical (unpaired) electrons. The highest BCUT2D eigenvalue weighted by molar-refractivity contribution is 7.15. The number of aromatic nitrogens is 1. The van der Waals surface area contributed by atoms with Crippen molar-refractivity contribution in [3.05, 3.63) is 40.9 Å². The topological polar surface area (TPSA) is 63.2 Å². The van der Waals surface area contributed by atoms with Crippen LogP contribution in [0.3, 0.4) is 0 Å².